The fourth-order valence-corrected chi connectivity index (χ4v) is 0.434. The molecule has 0 bridgehead atoms. The molecule has 12 heavy (non-hydrogen) atoms. The number of rotatable bonds is 5. The van der Waals surface area contributed by atoms with Gasteiger partial charge in [-0.2, -0.15) is 0 Å². The second kappa shape index (κ2) is 6.33. The Balaban J connectivity index is 3.43. The summed E-state index contributed by atoms with van der Waals surface area (Å²) in [6.07, 6.45) is 1.71. The van der Waals surface area contributed by atoms with Crippen LogP contribution in [0.3, 0.4) is 0 Å². The smallest absolute Gasteiger partial charge is 0.306 e. The first-order chi connectivity index (χ1) is 5.70. The van der Waals surface area contributed by atoms with E-state index in [1.54, 1.807) is 6.92 Å². The van der Waals surface area contributed by atoms with Crippen molar-refractivity contribution < 1.29 is 19.1 Å². The number of hydrogen-bond acceptors (Lipinski definition) is 4. The quantitative estimate of drug-likeness (QED) is 0.549. The van der Waals surface area contributed by atoms with E-state index in [9.17, 15) is 14.4 Å². The molecule has 0 heterocycles. The molecule has 0 aromatic rings. The van der Waals surface area contributed by atoms with Gasteiger partial charge in [0.1, 0.15) is 0 Å². The van der Waals surface area contributed by atoms with Crippen molar-refractivity contribution in [1.29, 1.82) is 0 Å². The fraction of sp³-hybridized carbons (Fsp3) is 0.571. The highest BCUT2D eigenvalue weighted by Gasteiger charge is 2.03. The molecule has 0 aliphatic rings. The lowest BCUT2D eigenvalue weighted by atomic mass is 10.5. The van der Waals surface area contributed by atoms with Crippen LogP contribution in [0.5, 0.6) is 0 Å². The van der Waals surface area contributed by atoms with E-state index in [-0.39, 0.29) is 19.6 Å². The van der Waals surface area contributed by atoms with Crippen molar-refractivity contribution in [3.8, 4) is 0 Å². The summed E-state index contributed by atoms with van der Waals surface area (Å²) in [5.74, 6) is -0.944. The molecule has 0 spiro atoms. The van der Waals surface area contributed by atoms with E-state index in [4.69, 9.17) is 0 Å². The van der Waals surface area contributed by atoms with Crippen molar-refractivity contribution in [2.45, 2.75) is 13.3 Å². The van der Waals surface area contributed by atoms with E-state index in [1.165, 1.54) is 6.29 Å². The molecule has 5 nitrogen and oxygen atoms in total. The van der Waals surface area contributed by atoms with Crippen LogP contribution in [0, 0.1) is 0 Å². The van der Waals surface area contributed by atoms with Gasteiger partial charge in [-0.1, -0.05) is 6.92 Å². The Morgan fingerprint density at radius 1 is 1.50 bits per heavy atom. The van der Waals surface area contributed by atoms with E-state index in [0.29, 0.717) is 0 Å². The van der Waals surface area contributed by atoms with Gasteiger partial charge in [-0.3, -0.25) is 14.4 Å². The molecule has 1 radical (unpaired) electrons. The molecule has 1 amide bonds. The molecular formula is C7H10NO4. The Kier molecular flexibility index (Phi) is 5.60. The largest absolute Gasteiger partial charge is 0.456 e. The number of nitrogens with one attached hydrogen (secondary N) is 1. The minimum Gasteiger partial charge on any atom is -0.456 e. The Labute approximate surface area is 70.1 Å². The van der Waals surface area contributed by atoms with Gasteiger partial charge in [-0.25, -0.2) is 0 Å². The molecule has 0 saturated heterocycles. The molecule has 0 aliphatic heterocycles. The average Bonchev–Trinajstić information content (AvgIpc) is 2.10. The molecule has 0 atom stereocenters. The lowest BCUT2D eigenvalue weighted by molar-refractivity contribution is -0.148. The molecular weight excluding hydrogens is 162 g/mol. The van der Waals surface area contributed by atoms with Crippen molar-refractivity contribution in [3.63, 3.8) is 0 Å². The minimum atomic E-state index is -0.500. The molecule has 0 fully saturated rings. The van der Waals surface area contributed by atoms with Gasteiger partial charge in [0.25, 0.3) is 5.91 Å². The summed E-state index contributed by atoms with van der Waals surface area (Å²) in [7, 11) is 0. The molecule has 0 aromatic carbocycles. The first-order valence-electron chi connectivity index (χ1n) is 3.48. The Bertz CT molecular complexity index is 178. The highest BCUT2D eigenvalue weighted by Crippen LogP contribution is 1.82. The van der Waals surface area contributed by atoms with Crippen LogP contribution in [-0.2, 0) is 19.1 Å². The molecule has 1 N–H and O–H groups in total. The van der Waals surface area contributed by atoms with Crippen molar-refractivity contribution >= 4 is 18.2 Å². The summed E-state index contributed by atoms with van der Waals surface area (Å²) in [6.45, 7) is 1.11. The van der Waals surface area contributed by atoms with Gasteiger partial charge >= 0.3 is 5.97 Å². The van der Waals surface area contributed by atoms with E-state index >= 15 is 0 Å². The van der Waals surface area contributed by atoms with Gasteiger partial charge in [0.2, 0.25) is 6.29 Å². The zero-order chi connectivity index (χ0) is 9.40. The van der Waals surface area contributed by atoms with Gasteiger partial charge in [0, 0.05) is 6.42 Å². The van der Waals surface area contributed by atoms with Gasteiger partial charge in [0.15, 0.2) is 6.61 Å². The SMILES string of the molecule is CCC(=O)OCC(=O)NC[C]=O. The summed E-state index contributed by atoms with van der Waals surface area (Å²) in [5, 5.41) is 2.17. The lowest BCUT2D eigenvalue weighted by Crippen LogP contribution is -2.29. The van der Waals surface area contributed by atoms with Crippen LogP contribution in [-0.4, -0.2) is 31.3 Å². The highest BCUT2D eigenvalue weighted by molar-refractivity contribution is 5.81. The van der Waals surface area contributed by atoms with Crippen LogP contribution in [0.4, 0.5) is 0 Å². The molecule has 0 rings (SSSR count). The van der Waals surface area contributed by atoms with Gasteiger partial charge in [-0.15, -0.1) is 0 Å². The molecule has 0 aliphatic carbocycles. The molecule has 5 heteroatoms. The molecule has 0 saturated carbocycles. The maximum atomic E-state index is 10.7. The van der Waals surface area contributed by atoms with Crippen LogP contribution < -0.4 is 5.32 Å². The first kappa shape index (κ1) is 10.6. The van der Waals surface area contributed by atoms with Gasteiger partial charge in [-0.05, 0) is 0 Å². The summed E-state index contributed by atoms with van der Waals surface area (Å²) in [6, 6.07) is 0. The number of ether oxygens (including phenoxy) is 1. The third kappa shape index (κ3) is 5.40. The Morgan fingerprint density at radius 2 is 2.17 bits per heavy atom. The predicted molar refractivity (Wildman–Crippen MR) is 40.0 cm³/mol. The van der Waals surface area contributed by atoms with E-state index < -0.39 is 11.9 Å². The van der Waals surface area contributed by atoms with Crippen LogP contribution in [0.15, 0.2) is 0 Å². The third-order valence-electron chi connectivity index (χ3n) is 1.01. The normalized spacial score (nSPS) is 8.75. The topological polar surface area (TPSA) is 72.5 Å². The maximum absolute atomic E-state index is 10.7. The minimum absolute atomic E-state index is 0.178. The zero-order valence-electron chi connectivity index (χ0n) is 6.75. The fourth-order valence-electron chi connectivity index (χ4n) is 0.434. The summed E-state index contributed by atoms with van der Waals surface area (Å²) in [5.41, 5.74) is 0. The van der Waals surface area contributed by atoms with E-state index in [1.807, 2.05) is 0 Å². The third-order valence-corrected chi connectivity index (χ3v) is 1.01. The number of carbonyl (C=O) groups excluding carboxylic acids is 3. The Hall–Kier alpha value is -1.39. The number of amides is 1. The van der Waals surface area contributed by atoms with Crippen LogP contribution in [0.25, 0.3) is 0 Å². The van der Waals surface area contributed by atoms with E-state index in [2.05, 4.69) is 10.1 Å². The Morgan fingerprint density at radius 3 is 2.67 bits per heavy atom. The predicted octanol–water partition coefficient (Wildman–Crippen LogP) is -0.835. The van der Waals surface area contributed by atoms with Crippen molar-refractivity contribution in [1.82, 2.24) is 5.32 Å². The maximum Gasteiger partial charge on any atom is 0.306 e. The van der Waals surface area contributed by atoms with E-state index in [0.717, 1.165) is 0 Å². The second-order valence-corrected chi connectivity index (χ2v) is 1.94. The lowest BCUT2D eigenvalue weighted by Gasteiger charge is -2.01. The molecule has 0 aromatic heterocycles. The number of carbonyl (C=O) groups is 2. The van der Waals surface area contributed by atoms with Crippen LogP contribution in [0.1, 0.15) is 13.3 Å². The monoisotopic (exact) mass is 172 g/mol. The van der Waals surface area contributed by atoms with Crippen molar-refractivity contribution in [2.24, 2.45) is 0 Å². The van der Waals surface area contributed by atoms with Gasteiger partial charge < -0.3 is 10.1 Å². The summed E-state index contributed by atoms with van der Waals surface area (Å²) in [4.78, 5) is 30.8. The highest BCUT2D eigenvalue weighted by atomic mass is 16.5. The second-order valence-electron chi connectivity index (χ2n) is 1.94. The van der Waals surface area contributed by atoms with Crippen LogP contribution >= 0.6 is 0 Å². The average molecular weight is 172 g/mol. The van der Waals surface area contributed by atoms with Gasteiger partial charge in [0.05, 0.1) is 6.54 Å². The molecule has 0 unspecified atom stereocenters. The van der Waals surface area contributed by atoms with Crippen LogP contribution in [0.2, 0.25) is 0 Å². The molecule has 67 valence electrons. The first-order valence-corrected chi connectivity index (χ1v) is 3.48. The van der Waals surface area contributed by atoms with Crippen molar-refractivity contribution in [3.05, 3.63) is 0 Å². The standard InChI is InChI=1S/C7H10NO4/c1-2-7(11)12-5-6(10)8-3-4-9/h2-3,5H2,1H3,(H,8,10). The summed E-state index contributed by atoms with van der Waals surface area (Å²) >= 11 is 0. The summed E-state index contributed by atoms with van der Waals surface area (Å²) < 4.78 is 4.47. The number of hydrogen-bond donors (Lipinski definition) is 1. The zero-order valence-corrected chi connectivity index (χ0v) is 6.75. The van der Waals surface area contributed by atoms with Crippen molar-refractivity contribution in [2.75, 3.05) is 13.2 Å². The number of esters is 1.